The van der Waals surface area contributed by atoms with Crippen LogP contribution in [-0.2, 0) is 18.3 Å². The Morgan fingerprint density at radius 3 is 2.65 bits per heavy atom. The Kier molecular flexibility index (Phi) is 5.13. The molecule has 0 saturated carbocycles. The van der Waals surface area contributed by atoms with E-state index in [1.807, 2.05) is 0 Å². The average molecular weight is 455 g/mol. The number of aliphatic hydroxyl groups is 1. The van der Waals surface area contributed by atoms with E-state index in [0.717, 1.165) is 5.56 Å². The number of halogens is 4. The largest absolute Gasteiger partial charge is 0.493 e. The number of hydrogen-bond acceptors (Lipinski definition) is 3. The van der Waals surface area contributed by atoms with Crippen molar-refractivity contribution >= 4 is 22.5 Å². The molecule has 3 aromatic rings. The van der Waals surface area contributed by atoms with Gasteiger partial charge in [-0.05, 0) is 35.6 Å². The zero-order chi connectivity index (χ0) is 22.6. The van der Waals surface area contributed by atoms with Gasteiger partial charge in [0.1, 0.15) is 5.75 Å². The van der Waals surface area contributed by atoms with Crippen molar-refractivity contribution in [3.05, 3.63) is 62.7 Å². The lowest BCUT2D eigenvalue weighted by molar-refractivity contribution is -0.266. The molecule has 0 aliphatic carbocycles. The van der Waals surface area contributed by atoms with Crippen molar-refractivity contribution < 1.29 is 23.0 Å². The highest BCUT2D eigenvalue weighted by Gasteiger charge is 2.56. The second-order valence-corrected chi connectivity index (χ2v) is 9.20. The summed E-state index contributed by atoms with van der Waals surface area (Å²) in [6.07, 6.45) is -4.15. The maximum atomic E-state index is 14.1. The van der Waals surface area contributed by atoms with Crippen LogP contribution >= 0.6 is 11.6 Å². The summed E-state index contributed by atoms with van der Waals surface area (Å²) < 4.78 is 48.1. The van der Waals surface area contributed by atoms with Crippen molar-refractivity contribution in [2.75, 3.05) is 6.61 Å². The minimum Gasteiger partial charge on any atom is -0.493 e. The summed E-state index contributed by atoms with van der Waals surface area (Å²) in [5.41, 5.74) is -2.42. The van der Waals surface area contributed by atoms with Crippen molar-refractivity contribution in [1.29, 1.82) is 0 Å². The van der Waals surface area contributed by atoms with Gasteiger partial charge in [-0.1, -0.05) is 25.4 Å². The second-order valence-electron chi connectivity index (χ2n) is 8.77. The molecule has 1 unspecified atom stereocenters. The summed E-state index contributed by atoms with van der Waals surface area (Å²) in [4.78, 5) is 16.8. The molecule has 3 heterocycles. The van der Waals surface area contributed by atoms with Crippen molar-refractivity contribution in [2.24, 2.45) is 0 Å². The van der Waals surface area contributed by atoms with Crippen LogP contribution in [0.3, 0.4) is 0 Å². The number of H-pyrrole nitrogens is 2. The predicted molar refractivity (Wildman–Crippen MR) is 112 cm³/mol. The first-order valence-electron chi connectivity index (χ1n) is 9.83. The molecule has 0 radical (unpaired) electrons. The van der Waals surface area contributed by atoms with Gasteiger partial charge in [0.2, 0.25) is 5.56 Å². The number of pyridine rings is 1. The van der Waals surface area contributed by atoms with Gasteiger partial charge in [-0.25, -0.2) is 0 Å². The number of aromatic amines is 2. The van der Waals surface area contributed by atoms with E-state index in [0.29, 0.717) is 40.3 Å². The molecule has 9 heteroatoms. The van der Waals surface area contributed by atoms with E-state index >= 15 is 0 Å². The quantitative estimate of drug-likeness (QED) is 0.525. The van der Waals surface area contributed by atoms with E-state index in [1.165, 1.54) is 18.3 Å². The Labute approximate surface area is 181 Å². The van der Waals surface area contributed by atoms with Crippen LogP contribution in [0.4, 0.5) is 13.2 Å². The monoisotopic (exact) mass is 454 g/mol. The van der Waals surface area contributed by atoms with Crippen LogP contribution in [-0.4, -0.2) is 33.5 Å². The Morgan fingerprint density at radius 2 is 1.94 bits per heavy atom. The zero-order valence-corrected chi connectivity index (χ0v) is 17.7. The number of aromatic nitrogens is 2. The van der Waals surface area contributed by atoms with Gasteiger partial charge in [-0.3, -0.25) is 4.79 Å². The normalized spacial score (nSPS) is 16.2. The molecule has 1 atom stereocenters. The number of ether oxygens (including phenoxy) is 1. The molecule has 3 N–H and O–H groups in total. The summed E-state index contributed by atoms with van der Waals surface area (Å²) in [6, 6.07) is 6.11. The van der Waals surface area contributed by atoms with E-state index in [1.54, 1.807) is 26.0 Å². The van der Waals surface area contributed by atoms with Gasteiger partial charge in [0.15, 0.2) is 5.60 Å². The third kappa shape index (κ3) is 4.06. The fourth-order valence-corrected chi connectivity index (χ4v) is 4.62. The highest BCUT2D eigenvalue weighted by Crippen LogP contribution is 2.47. The van der Waals surface area contributed by atoms with Crippen molar-refractivity contribution in [1.82, 2.24) is 9.97 Å². The summed E-state index contributed by atoms with van der Waals surface area (Å²) >= 11 is 6.21. The van der Waals surface area contributed by atoms with Crippen LogP contribution in [0.2, 0.25) is 5.02 Å². The maximum absolute atomic E-state index is 14.1. The molecular weight excluding hydrogens is 433 g/mol. The molecular formula is C22H22ClF3N2O3. The molecule has 2 aromatic heterocycles. The van der Waals surface area contributed by atoms with E-state index in [2.05, 4.69) is 9.97 Å². The number of hydrogen-bond donors (Lipinski definition) is 3. The molecule has 0 spiro atoms. The zero-order valence-electron chi connectivity index (χ0n) is 17.0. The average Bonchev–Trinajstić information content (AvgIpc) is 3.24. The molecule has 1 aromatic carbocycles. The van der Waals surface area contributed by atoms with Crippen LogP contribution in [0.15, 0.2) is 35.3 Å². The Bertz CT molecular complexity index is 1200. The first-order chi connectivity index (χ1) is 14.4. The Morgan fingerprint density at radius 1 is 1.19 bits per heavy atom. The predicted octanol–water partition coefficient (Wildman–Crippen LogP) is 4.65. The van der Waals surface area contributed by atoms with E-state index < -0.39 is 30.0 Å². The van der Waals surface area contributed by atoms with Gasteiger partial charge < -0.3 is 19.8 Å². The van der Waals surface area contributed by atoms with Crippen LogP contribution in [0.5, 0.6) is 5.75 Å². The van der Waals surface area contributed by atoms with Gasteiger partial charge in [-0.2, -0.15) is 13.2 Å². The minimum atomic E-state index is -4.89. The van der Waals surface area contributed by atoms with Gasteiger partial charge >= 0.3 is 6.18 Å². The lowest BCUT2D eigenvalue weighted by atomic mass is 9.73. The van der Waals surface area contributed by atoms with E-state index in [9.17, 15) is 23.1 Å². The minimum absolute atomic E-state index is 0.178. The molecule has 4 rings (SSSR count). The highest BCUT2D eigenvalue weighted by atomic mass is 35.5. The van der Waals surface area contributed by atoms with Crippen LogP contribution in [0.1, 0.15) is 37.1 Å². The molecule has 1 aliphatic heterocycles. The Hall–Kier alpha value is -2.45. The third-order valence-corrected chi connectivity index (χ3v) is 6.02. The maximum Gasteiger partial charge on any atom is 0.417 e. The van der Waals surface area contributed by atoms with Gasteiger partial charge in [0.25, 0.3) is 0 Å². The van der Waals surface area contributed by atoms with Crippen molar-refractivity contribution in [3.8, 4) is 5.75 Å². The van der Waals surface area contributed by atoms with Gasteiger partial charge in [0.05, 0.1) is 12.1 Å². The molecule has 0 fully saturated rings. The molecule has 31 heavy (non-hydrogen) atoms. The number of benzene rings is 1. The van der Waals surface area contributed by atoms with E-state index in [-0.39, 0.29) is 11.3 Å². The fourth-order valence-electron chi connectivity index (χ4n) is 4.38. The van der Waals surface area contributed by atoms with Gasteiger partial charge in [-0.15, -0.1) is 0 Å². The van der Waals surface area contributed by atoms with Gasteiger partial charge in [0, 0.05) is 46.8 Å². The smallest absolute Gasteiger partial charge is 0.417 e. The number of fused-ring (bicyclic) bond motifs is 2. The molecule has 0 bridgehead atoms. The second kappa shape index (κ2) is 7.31. The van der Waals surface area contributed by atoms with Crippen LogP contribution < -0.4 is 10.3 Å². The molecule has 0 saturated heterocycles. The number of nitrogens with one attached hydrogen (secondary N) is 2. The topological polar surface area (TPSA) is 78.1 Å². The first-order valence-corrected chi connectivity index (χ1v) is 10.2. The fraction of sp³-hybridized carbons (Fsp3) is 0.409. The third-order valence-electron chi connectivity index (χ3n) is 5.80. The molecule has 5 nitrogen and oxygen atoms in total. The lowest BCUT2D eigenvalue weighted by Crippen LogP contribution is -2.51. The van der Waals surface area contributed by atoms with E-state index in [4.69, 9.17) is 16.3 Å². The van der Waals surface area contributed by atoms with Crippen molar-refractivity contribution in [3.63, 3.8) is 0 Å². The lowest BCUT2D eigenvalue weighted by Gasteiger charge is -2.38. The SMILES string of the molecule is CC(C)(CC(O)(Cc1cc2cc(=O)[nH]cc2[nH]1)C(F)(F)F)c1cc(Cl)cc2c1OCC2. The van der Waals surface area contributed by atoms with Crippen LogP contribution in [0.25, 0.3) is 10.9 Å². The molecule has 166 valence electrons. The first kappa shape index (κ1) is 21.8. The number of rotatable bonds is 5. The molecule has 1 aliphatic rings. The number of alkyl halides is 3. The standard InChI is InChI=1S/C22H22ClF3N2O3/c1-20(2,16-8-14(23)5-12-3-4-31-19(12)16)11-21(30,22(24,25)26)9-15-6-13-7-18(29)27-10-17(13)28-15/h5-8,10,28,30H,3-4,9,11H2,1-2H3,(H,27,29). The summed E-state index contributed by atoms with van der Waals surface area (Å²) in [7, 11) is 0. The summed E-state index contributed by atoms with van der Waals surface area (Å²) in [5, 5.41) is 11.8. The highest BCUT2D eigenvalue weighted by molar-refractivity contribution is 6.30. The Balaban J connectivity index is 1.71. The van der Waals surface area contributed by atoms with Crippen LogP contribution in [0, 0.1) is 0 Å². The molecule has 0 amide bonds. The summed E-state index contributed by atoms with van der Waals surface area (Å²) in [6.45, 7) is 3.72. The summed E-state index contributed by atoms with van der Waals surface area (Å²) in [5.74, 6) is 0.544. The van der Waals surface area contributed by atoms with Crippen molar-refractivity contribution in [2.45, 2.75) is 50.3 Å².